The number of thiophene rings is 1. The number of nitrogens with one attached hydrogen (secondary N) is 1. The minimum absolute atomic E-state index is 0.263. The average Bonchev–Trinajstić information content (AvgIpc) is 3.46. The molecule has 1 aliphatic heterocycles. The van der Waals surface area contributed by atoms with Crippen molar-refractivity contribution >= 4 is 17.3 Å². The zero-order valence-electron chi connectivity index (χ0n) is 16.9. The van der Waals surface area contributed by atoms with E-state index in [2.05, 4.69) is 55.0 Å². The second kappa shape index (κ2) is 8.34. The van der Waals surface area contributed by atoms with Crippen LogP contribution < -0.4 is 0 Å². The number of nitrogens with zero attached hydrogens (tertiary/aromatic N) is 3. The van der Waals surface area contributed by atoms with E-state index in [1.807, 2.05) is 0 Å². The molecule has 3 heterocycles. The third-order valence-electron chi connectivity index (χ3n) is 6.21. The molecule has 1 fully saturated rings. The summed E-state index contributed by atoms with van der Waals surface area (Å²) in [4.78, 5) is 15.6. The quantitative estimate of drug-likeness (QED) is 0.475. The van der Waals surface area contributed by atoms with Crippen molar-refractivity contribution in [2.45, 2.75) is 25.8 Å². The van der Waals surface area contributed by atoms with Crippen LogP contribution in [0.5, 0.6) is 0 Å². The predicted molar refractivity (Wildman–Crippen MR) is 119 cm³/mol. The molecule has 0 bridgehead atoms. The molecule has 0 atom stereocenters. The van der Waals surface area contributed by atoms with Crippen molar-refractivity contribution in [3.8, 4) is 22.5 Å². The average molecular weight is 423 g/mol. The van der Waals surface area contributed by atoms with Crippen molar-refractivity contribution in [2.75, 3.05) is 32.7 Å². The Kier molecular flexibility index (Phi) is 5.41. The van der Waals surface area contributed by atoms with Crippen LogP contribution in [0.15, 0.2) is 35.0 Å². The summed E-state index contributed by atoms with van der Waals surface area (Å²) < 4.78 is 0. The van der Waals surface area contributed by atoms with Crippen LogP contribution in [0.1, 0.15) is 29.5 Å². The maximum absolute atomic E-state index is 10.7. The molecule has 2 aromatic heterocycles. The molecule has 7 heteroatoms. The van der Waals surface area contributed by atoms with Gasteiger partial charge in [0, 0.05) is 67.6 Å². The molecular weight excluding hydrogens is 396 g/mol. The van der Waals surface area contributed by atoms with Crippen molar-refractivity contribution in [1.82, 2.24) is 20.0 Å². The molecule has 30 heavy (non-hydrogen) atoms. The number of hydrogen-bond acceptors (Lipinski definition) is 5. The number of piperazine rings is 1. The smallest absolute Gasteiger partial charge is 0.303 e. The summed E-state index contributed by atoms with van der Waals surface area (Å²) in [5.41, 5.74) is 8.79. The maximum atomic E-state index is 10.7. The minimum Gasteiger partial charge on any atom is -0.481 e. The molecule has 156 valence electrons. The van der Waals surface area contributed by atoms with E-state index in [1.165, 1.54) is 33.5 Å². The van der Waals surface area contributed by atoms with Gasteiger partial charge in [-0.25, -0.2) is 0 Å². The van der Waals surface area contributed by atoms with E-state index in [4.69, 9.17) is 5.11 Å². The highest BCUT2D eigenvalue weighted by atomic mass is 32.1. The monoisotopic (exact) mass is 422 g/mol. The molecule has 0 unspecified atom stereocenters. The van der Waals surface area contributed by atoms with Gasteiger partial charge in [0.2, 0.25) is 0 Å². The number of aromatic nitrogens is 2. The normalized spacial score (nSPS) is 16.5. The summed E-state index contributed by atoms with van der Waals surface area (Å²) in [5, 5.41) is 20.9. The van der Waals surface area contributed by atoms with Gasteiger partial charge in [-0.05, 0) is 41.6 Å². The first-order valence-electron chi connectivity index (χ1n) is 10.6. The second-order valence-corrected chi connectivity index (χ2v) is 9.00. The molecule has 1 aromatic carbocycles. The topological polar surface area (TPSA) is 72.5 Å². The summed E-state index contributed by atoms with van der Waals surface area (Å²) in [6.07, 6.45) is 1.95. The number of aliphatic carboxylic acids is 1. The molecule has 1 aliphatic carbocycles. The van der Waals surface area contributed by atoms with Crippen LogP contribution in [0.3, 0.4) is 0 Å². The lowest BCUT2D eigenvalue weighted by molar-refractivity contribution is -0.137. The van der Waals surface area contributed by atoms with Crippen molar-refractivity contribution < 1.29 is 9.90 Å². The van der Waals surface area contributed by atoms with Crippen molar-refractivity contribution in [1.29, 1.82) is 0 Å². The molecule has 1 saturated heterocycles. The molecule has 0 saturated carbocycles. The molecule has 6 nitrogen and oxygen atoms in total. The standard InChI is InChI=1S/C23H26N4O2S/c28-21(29)2-1-6-26-7-9-27(10-8-26)14-16-3-4-17-13-20-22(18-5-11-30-15-18)24-25-23(20)19(17)12-16/h3-5,11-12,15H,1-2,6-10,13-14H2,(H,24,25)(H,28,29). The van der Waals surface area contributed by atoms with Crippen LogP contribution in [0.4, 0.5) is 0 Å². The highest BCUT2D eigenvalue weighted by molar-refractivity contribution is 7.08. The molecule has 0 amide bonds. The van der Waals surface area contributed by atoms with Gasteiger partial charge in [0.15, 0.2) is 0 Å². The number of rotatable bonds is 7. The minimum atomic E-state index is -0.701. The molecule has 2 aliphatic rings. The van der Waals surface area contributed by atoms with Crippen LogP contribution in [0, 0.1) is 0 Å². The van der Waals surface area contributed by atoms with Gasteiger partial charge < -0.3 is 10.0 Å². The lowest BCUT2D eigenvalue weighted by Crippen LogP contribution is -2.46. The largest absolute Gasteiger partial charge is 0.481 e. The number of carboxylic acid groups (broad SMARTS) is 1. The summed E-state index contributed by atoms with van der Waals surface area (Å²) >= 11 is 1.71. The van der Waals surface area contributed by atoms with Crippen LogP contribution in [0.25, 0.3) is 22.5 Å². The van der Waals surface area contributed by atoms with E-state index >= 15 is 0 Å². The van der Waals surface area contributed by atoms with Crippen molar-refractivity contribution in [2.24, 2.45) is 0 Å². The Hall–Kier alpha value is -2.48. The van der Waals surface area contributed by atoms with Crippen LogP contribution in [-0.4, -0.2) is 63.8 Å². The Bertz CT molecular complexity index is 1040. The highest BCUT2D eigenvalue weighted by Gasteiger charge is 2.26. The van der Waals surface area contributed by atoms with Gasteiger partial charge in [-0.15, -0.1) is 0 Å². The molecule has 2 N–H and O–H groups in total. The summed E-state index contributed by atoms with van der Waals surface area (Å²) in [6, 6.07) is 9.01. The third kappa shape index (κ3) is 3.93. The summed E-state index contributed by atoms with van der Waals surface area (Å²) in [5.74, 6) is -0.701. The van der Waals surface area contributed by atoms with E-state index in [9.17, 15) is 4.79 Å². The van der Waals surface area contributed by atoms with Gasteiger partial charge in [-0.1, -0.05) is 12.1 Å². The zero-order valence-corrected chi connectivity index (χ0v) is 17.7. The molecule has 5 rings (SSSR count). The van der Waals surface area contributed by atoms with Gasteiger partial charge in [-0.3, -0.25) is 14.8 Å². The zero-order chi connectivity index (χ0) is 20.5. The van der Waals surface area contributed by atoms with Gasteiger partial charge >= 0.3 is 5.97 Å². The first-order valence-corrected chi connectivity index (χ1v) is 11.5. The number of carbonyl (C=O) groups is 1. The lowest BCUT2D eigenvalue weighted by atomic mass is 10.0. The van der Waals surface area contributed by atoms with Gasteiger partial charge in [0.25, 0.3) is 0 Å². The molecule has 0 radical (unpaired) electrons. The Morgan fingerprint density at radius 2 is 2.00 bits per heavy atom. The van der Waals surface area contributed by atoms with Crippen LogP contribution >= 0.6 is 11.3 Å². The Labute approximate surface area is 180 Å². The number of benzene rings is 1. The number of carboxylic acids is 1. The van der Waals surface area contributed by atoms with Crippen LogP contribution in [0.2, 0.25) is 0 Å². The fraction of sp³-hybridized carbons (Fsp3) is 0.391. The number of hydrogen-bond donors (Lipinski definition) is 2. The maximum Gasteiger partial charge on any atom is 0.303 e. The van der Waals surface area contributed by atoms with E-state index < -0.39 is 5.97 Å². The number of aromatic amines is 1. The molecule has 0 spiro atoms. The Morgan fingerprint density at radius 1 is 1.17 bits per heavy atom. The van der Waals surface area contributed by atoms with Crippen LogP contribution in [-0.2, 0) is 17.8 Å². The van der Waals surface area contributed by atoms with Gasteiger partial charge in [-0.2, -0.15) is 16.4 Å². The van der Waals surface area contributed by atoms with E-state index in [0.29, 0.717) is 0 Å². The predicted octanol–water partition coefficient (Wildman–Crippen LogP) is 3.69. The molecular formula is C23H26N4O2S. The van der Waals surface area contributed by atoms with E-state index in [-0.39, 0.29) is 6.42 Å². The summed E-state index contributed by atoms with van der Waals surface area (Å²) in [6.45, 7) is 5.92. The fourth-order valence-electron chi connectivity index (χ4n) is 4.58. The fourth-order valence-corrected chi connectivity index (χ4v) is 5.22. The van der Waals surface area contributed by atoms with E-state index in [1.54, 1.807) is 11.3 Å². The SMILES string of the molecule is O=C(O)CCCN1CCN(Cc2ccc3c(c2)-c2[nH]nc(-c4ccsc4)c2C3)CC1. The Morgan fingerprint density at radius 3 is 2.77 bits per heavy atom. The van der Waals surface area contributed by atoms with Gasteiger partial charge in [0.05, 0.1) is 11.4 Å². The summed E-state index contributed by atoms with van der Waals surface area (Å²) in [7, 11) is 0. The second-order valence-electron chi connectivity index (χ2n) is 8.22. The first kappa shape index (κ1) is 19.5. The lowest BCUT2D eigenvalue weighted by Gasteiger charge is -2.34. The Balaban J connectivity index is 1.22. The van der Waals surface area contributed by atoms with Gasteiger partial charge in [0.1, 0.15) is 0 Å². The number of H-pyrrole nitrogens is 1. The molecule has 3 aromatic rings. The van der Waals surface area contributed by atoms with E-state index in [0.717, 1.165) is 57.8 Å². The first-order chi connectivity index (χ1) is 14.7. The van der Waals surface area contributed by atoms with Crippen molar-refractivity contribution in [3.63, 3.8) is 0 Å². The third-order valence-corrected chi connectivity index (χ3v) is 6.89. The van der Waals surface area contributed by atoms with Crippen molar-refractivity contribution in [3.05, 3.63) is 51.7 Å². The number of fused-ring (bicyclic) bond motifs is 3. The highest BCUT2D eigenvalue weighted by Crippen LogP contribution is 2.40.